The van der Waals surface area contributed by atoms with E-state index >= 15 is 0 Å². The van der Waals surface area contributed by atoms with Crippen LogP contribution >= 0.6 is 0 Å². The van der Waals surface area contributed by atoms with Gasteiger partial charge < -0.3 is 24.2 Å². The van der Waals surface area contributed by atoms with Crippen LogP contribution in [-0.2, 0) is 14.3 Å². The number of aliphatic hydroxyl groups excluding tert-OH is 1. The maximum Gasteiger partial charge on any atom is 0.295 e. The Balaban J connectivity index is 2.19. The minimum absolute atomic E-state index is 0.0457. The molecule has 3 rings (SSSR count). The molecule has 1 atom stereocenters. The third-order valence-electron chi connectivity index (χ3n) is 5.80. The van der Waals surface area contributed by atoms with Crippen LogP contribution in [0.15, 0.2) is 42.0 Å². The summed E-state index contributed by atoms with van der Waals surface area (Å²) in [5, 5.41) is 11.2. The molecule has 1 N–H and O–H groups in total. The molecule has 1 unspecified atom stereocenters. The Morgan fingerprint density at radius 1 is 1.06 bits per heavy atom. The van der Waals surface area contributed by atoms with Gasteiger partial charge in [-0.05, 0) is 69.5 Å². The van der Waals surface area contributed by atoms with Gasteiger partial charge >= 0.3 is 0 Å². The second-order valence-electron chi connectivity index (χ2n) is 8.59. The van der Waals surface area contributed by atoms with Crippen molar-refractivity contribution in [2.24, 2.45) is 0 Å². The first kappa shape index (κ1) is 25.3. The average Bonchev–Trinajstić information content (AvgIpc) is 3.04. The standard InChI is InChI=1S/C27H33NO6/c1-7-33-22-15-19(10-11-21(22)34-16(2)3)24-23(26(30)27(31)28(24)12-13-32-6)25(29)20-9-8-17(4)18(5)14-20/h8-11,14-16,24,29H,7,12-13H2,1-6H3/b25-23-. The van der Waals surface area contributed by atoms with Crippen molar-refractivity contribution in [2.45, 2.75) is 46.8 Å². The molecule has 7 heteroatoms. The Morgan fingerprint density at radius 2 is 1.79 bits per heavy atom. The zero-order chi connectivity index (χ0) is 25.0. The van der Waals surface area contributed by atoms with Crippen LogP contribution in [0, 0.1) is 13.8 Å². The number of hydrogen-bond acceptors (Lipinski definition) is 6. The van der Waals surface area contributed by atoms with Crippen molar-refractivity contribution in [3.8, 4) is 11.5 Å². The fraction of sp³-hybridized carbons (Fsp3) is 0.407. The second-order valence-corrected chi connectivity index (χ2v) is 8.59. The number of carbonyl (C=O) groups is 2. The van der Waals surface area contributed by atoms with E-state index in [9.17, 15) is 14.7 Å². The molecule has 2 aromatic carbocycles. The summed E-state index contributed by atoms with van der Waals surface area (Å²) in [6, 6.07) is 10.00. The third-order valence-corrected chi connectivity index (χ3v) is 5.80. The van der Waals surface area contributed by atoms with Crippen LogP contribution in [0.1, 0.15) is 49.1 Å². The zero-order valence-corrected chi connectivity index (χ0v) is 20.7. The Hall–Kier alpha value is -3.32. The summed E-state index contributed by atoms with van der Waals surface area (Å²) < 4.78 is 16.8. The highest BCUT2D eigenvalue weighted by atomic mass is 16.5. The molecule has 0 radical (unpaired) electrons. The molecule has 1 amide bonds. The normalized spacial score (nSPS) is 17.5. The number of hydrogen-bond donors (Lipinski definition) is 1. The molecule has 7 nitrogen and oxygen atoms in total. The molecule has 1 heterocycles. The molecule has 1 aliphatic heterocycles. The van der Waals surface area contributed by atoms with Gasteiger partial charge in [0.25, 0.3) is 11.7 Å². The number of methoxy groups -OCH3 is 1. The van der Waals surface area contributed by atoms with Gasteiger partial charge in [-0.15, -0.1) is 0 Å². The first-order valence-corrected chi connectivity index (χ1v) is 11.5. The Bertz CT molecular complexity index is 1100. The van der Waals surface area contributed by atoms with E-state index in [4.69, 9.17) is 14.2 Å². The summed E-state index contributed by atoms with van der Waals surface area (Å²) in [4.78, 5) is 27.6. The Morgan fingerprint density at radius 3 is 2.41 bits per heavy atom. The van der Waals surface area contributed by atoms with Gasteiger partial charge in [0.2, 0.25) is 0 Å². The van der Waals surface area contributed by atoms with Crippen LogP contribution in [-0.4, -0.2) is 54.7 Å². The quantitative estimate of drug-likeness (QED) is 0.331. The van der Waals surface area contributed by atoms with E-state index in [1.54, 1.807) is 24.3 Å². The summed E-state index contributed by atoms with van der Waals surface area (Å²) in [6.45, 7) is 10.5. The first-order chi connectivity index (χ1) is 16.2. The molecular weight excluding hydrogens is 434 g/mol. The number of ether oxygens (including phenoxy) is 3. The van der Waals surface area contributed by atoms with Crippen molar-refractivity contribution >= 4 is 17.4 Å². The van der Waals surface area contributed by atoms with E-state index in [1.165, 1.54) is 12.0 Å². The van der Waals surface area contributed by atoms with Gasteiger partial charge in [0.1, 0.15) is 5.76 Å². The predicted molar refractivity (Wildman–Crippen MR) is 130 cm³/mol. The molecule has 182 valence electrons. The number of aryl methyl sites for hydroxylation is 2. The molecule has 0 saturated carbocycles. The van der Waals surface area contributed by atoms with Crippen LogP contribution in [0.4, 0.5) is 0 Å². The van der Waals surface area contributed by atoms with Crippen molar-refractivity contribution in [3.05, 3.63) is 64.2 Å². The van der Waals surface area contributed by atoms with E-state index < -0.39 is 17.7 Å². The van der Waals surface area contributed by atoms with E-state index in [0.29, 0.717) is 29.2 Å². The minimum atomic E-state index is -0.788. The van der Waals surface area contributed by atoms with Crippen molar-refractivity contribution < 1.29 is 28.9 Å². The lowest BCUT2D eigenvalue weighted by molar-refractivity contribution is -0.140. The molecular formula is C27H33NO6. The van der Waals surface area contributed by atoms with E-state index in [-0.39, 0.29) is 30.6 Å². The molecule has 0 spiro atoms. The average molecular weight is 468 g/mol. The highest BCUT2D eigenvalue weighted by molar-refractivity contribution is 6.46. The Labute approximate surface area is 200 Å². The zero-order valence-electron chi connectivity index (χ0n) is 20.7. The summed E-state index contributed by atoms with van der Waals surface area (Å²) in [5.41, 5.74) is 3.21. The smallest absolute Gasteiger partial charge is 0.295 e. The van der Waals surface area contributed by atoms with Crippen molar-refractivity contribution in [2.75, 3.05) is 26.9 Å². The molecule has 0 aromatic heterocycles. The van der Waals surface area contributed by atoms with E-state index in [1.807, 2.05) is 46.8 Å². The Kier molecular flexibility index (Phi) is 7.99. The number of amides is 1. The number of carbonyl (C=O) groups excluding carboxylic acids is 2. The van der Waals surface area contributed by atoms with Crippen LogP contribution in [0.2, 0.25) is 0 Å². The predicted octanol–water partition coefficient (Wildman–Crippen LogP) is 4.56. The molecule has 1 fully saturated rings. The van der Waals surface area contributed by atoms with Crippen LogP contribution in [0.5, 0.6) is 11.5 Å². The maximum atomic E-state index is 13.1. The van der Waals surface area contributed by atoms with Gasteiger partial charge in [-0.1, -0.05) is 18.2 Å². The molecule has 1 saturated heterocycles. The second kappa shape index (κ2) is 10.7. The summed E-state index contributed by atoms with van der Waals surface area (Å²) >= 11 is 0. The third kappa shape index (κ3) is 5.09. The fourth-order valence-corrected chi connectivity index (χ4v) is 4.01. The van der Waals surface area contributed by atoms with Crippen LogP contribution in [0.25, 0.3) is 5.76 Å². The monoisotopic (exact) mass is 467 g/mol. The van der Waals surface area contributed by atoms with Gasteiger partial charge in [-0.25, -0.2) is 0 Å². The summed E-state index contributed by atoms with van der Waals surface area (Å²) in [6.07, 6.45) is -0.0535. The molecule has 2 aromatic rings. The van der Waals surface area contributed by atoms with Crippen molar-refractivity contribution in [3.63, 3.8) is 0 Å². The number of nitrogens with zero attached hydrogens (tertiary/aromatic N) is 1. The molecule has 1 aliphatic rings. The summed E-state index contributed by atoms with van der Waals surface area (Å²) in [7, 11) is 1.53. The molecule has 0 aliphatic carbocycles. The fourth-order valence-electron chi connectivity index (χ4n) is 4.01. The highest BCUT2D eigenvalue weighted by Crippen LogP contribution is 2.42. The SMILES string of the molecule is CCOc1cc(C2/C(=C(/O)c3ccc(C)c(C)c3)C(=O)C(=O)N2CCOC)ccc1OC(C)C. The largest absolute Gasteiger partial charge is 0.507 e. The number of Topliss-reactive ketones (excluding diaryl/α,β-unsaturated/α-hetero) is 1. The van der Waals surface area contributed by atoms with Gasteiger partial charge in [-0.2, -0.15) is 0 Å². The van der Waals surface area contributed by atoms with E-state index in [0.717, 1.165) is 11.1 Å². The van der Waals surface area contributed by atoms with Gasteiger partial charge in [0, 0.05) is 19.2 Å². The number of aliphatic hydroxyl groups is 1. The van der Waals surface area contributed by atoms with Crippen molar-refractivity contribution in [1.29, 1.82) is 0 Å². The van der Waals surface area contributed by atoms with Gasteiger partial charge in [0.15, 0.2) is 11.5 Å². The lowest BCUT2D eigenvalue weighted by Gasteiger charge is -2.26. The molecule has 0 bridgehead atoms. The molecule has 34 heavy (non-hydrogen) atoms. The minimum Gasteiger partial charge on any atom is -0.507 e. The van der Waals surface area contributed by atoms with Gasteiger partial charge in [-0.3, -0.25) is 9.59 Å². The number of benzene rings is 2. The first-order valence-electron chi connectivity index (χ1n) is 11.5. The van der Waals surface area contributed by atoms with E-state index in [2.05, 4.69) is 0 Å². The highest BCUT2D eigenvalue weighted by Gasteiger charge is 2.46. The topological polar surface area (TPSA) is 85.3 Å². The number of ketones is 1. The van der Waals surface area contributed by atoms with Crippen molar-refractivity contribution in [1.82, 2.24) is 4.90 Å². The summed E-state index contributed by atoms with van der Waals surface area (Å²) in [5.74, 6) is -0.516. The van der Waals surface area contributed by atoms with Crippen LogP contribution in [0.3, 0.4) is 0 Å². The lowest BCUT2D eigenvalue weighted by Crippen LogP contribution is -2.32. The lowest BCUT2D eigenvalue weighted by atomic mass is 9.94. The van der Waals surface area contributed by atoms with Crippen LogP contribution < -0.4 is 9.47 Å². The maximum absolute atomic E-state index is 13.1. The number of likely N-dealkylation sites (tertiary alicyclic amines) is 1. The van der Waals surface area contributed by atoms with Gasteiger partial charge in [0.05, 0.1) is 30.9 Å². The number of rotatable bonds is 9.